The van der Waals surface area contributed by atoms with Gasteiger partial charge in [0, 0.05) is 30.9 Å². The van der Waals surface area contributed by atoms with Gasteiger partial charge in [0.2, 0.25) is 0 Å². The van der Waals surface area contributed by atoms with Crippen LogP contribution >= 0.6 is 0 Å². The van der Waals surface area contributed by atoms with Gasteiger partial charge >= 0.3 is 0 Å². The number of para-hydroxylation sites is 1. The van der Waals surface area contributed by atoms with Crippen LogP contribution in [0.15, 0.2) is 30.3 Å². The summed E-state index contributed by atoms with van der Waals surface area (Å²) in [5, 5.41) is 0. The van der Waals surface area contributed by atoms with Gasteiger partial charge in [-0.2, -0.15) is 0 Å². The second kappa shape index (κ2) is 3.86. The molecule has 0 bridgehead atoms. The lowest BCUT2D eigenvalue weighted by Crippen LogP contribution is -2.57. The molecule has 2 nitrogen and oxygen atoms in total. The van der Waals surface area contributed by atoms with Crippen molar-refractivity contribution in [1.29, 1.82) is 0 Å². The van der Waals surface area contributed by atoms with Gasteiger partial charge in [-0.25, -0.2) is 0 Å². The molecule has 1 aromatic rings. The molecule has 2 rings (SSSR count). The third-order valence-electron chi connectivity index (χ3n) is 3.44. The molecule has 0 atom stereocenters. The average Bonchev–Trinajstić information content (AvgIpc) is 2.23. The second-order valence-corrected chi connectivity index (χ2v) is 4.99. The number of anilines is 1. The van der Waals surface area contributed by atoms with Crippen LogP contribution in [0.5, 0.6) is 0 Å². The van der Waals surface area contributed by atoms with Crippen LogP contribution in [0.4, 0.5) is 5.69 Å². The maximum absolute atomic E-state index is 2.47. The Hall–Kier alpha value is -1.02. The third kappa shape index (κ3) is 2.15. The predicted molar refractivity (Wildman–Crippen MR) is 65.4 cm³/mol. The average molecular weight is 204 g/mol. The van der Waals surface area contributed by atoms with Gasteiger partial charge in [-0.15, -0.1) is 0 Å². The first kappa shape index (κ1) is 10.5. The first-order valence-electron chi connectivity index (χ1n) is 5.61. The zero-order valence-electron chi connectivity index (χ0n) is 9.90. The van der Waals surface area contributed by atoms with Crippen molar-refractivity contribution in [3.63, 3.8) is 0 Å². The summed E-state index contributed by atoms with van der Waals surface area (Å²) in [4.78, 5) is 4.91. The second-order valence-electron chi connectivity index (χ2n) is 4.99. The van der Waals surface area contributed by atoms with Crippen molar-refractivity contribution in [2.45, 2.75) is 19.4 Å². The number of rotatable bonds is 1. The van der Waals surface area contributed by atoms with Gasteiger partial charge in [-0.1, -0.05) is 18.2 Å². The zero-order chi connectivity index (χ0) is 10.9. The van der Waals surface area contributed by atoms with E-state index in [-0.39, 0.29) is 5.54 Å². The van der Waals surface area contributed by atoms with Crippen LogP contribution in [-0.4, -0.2) is 37.1 Å². The molecule has 1 aromatic carbocycles. The van der Waals surface area contributed by atoms with Gasteiger partial charge < -0.3 is 4.90 Å². The number of benzene rings is 1. The summed E-state index contributed by atoms with van der Waals surface area (Å²) in [7, 11) is 2.21. The third-order valence-corrected chi connectivity index (χ3v) is 3.44. The normalized spacial score (nSPS) is 21.7. The van der Waals surface area contributed by atoms with Gasteiger partial charge in [-0.3, -0.25) is 4.90 Å². The number of likely N-dealkylation sites (N-methyl/N-ethyl adjacent to an activating group) is 1. The Bertz CT molecular complexity index is 319. The summed E-state index contributed by atoms with van der Waals surface area (Å²) in [6.45, 7) is 7.99. The Morgan fingerprint density at radius 3 is 2.33 bits per heavy atom. The molecule has 1 aliphatic rings. The highest BCUT2D eigenvalue weighted by atomic mass is 15.3. The molecule has 0 amide bonds. The minimum Gasteiger partial charge on any atom is -0.368 e. The highest BCUT2D eigenvalue weighted by Crippen LogP contribution is 2.23. The molecule has 0 N–H and O–H groups in total. The van der Waals surface area contributed by atoms with Gasteiger partial charge in [0.15, 0.2) is 0 Å². The van der Waals surface area contributed by atoms with E-state index in [0.29, 0.717) is 0 Å². The fraction of sp³-hybridized carbons (Fsp3) is 0.538. The van der Waals surface area contributed by atoms with Crippen LogP contribution in [0, 0.1) is 0 Å². The smallest absolute Gasteiger partial charge is 0.0367 e. The van der Waals surface area contributed by atoms with E-state index in [1.54, 1.807) is 0 Å². The summed E-state index contributed by atoms with van der Waals surface area (Å²) in [6.07, 6.45) is 0. The van der Waals surface area contributed by atoms with Crippen LogP contribution < -0.4 is 4.90 Å². The van der Waals surface area contributed by atoms with Gasteiger partial charge in [0.25, 0.3) is 0 Å². The SMILES string of the molecule is CN1CCN(c2ccccc2)CC1(C)C. The Morgan fingerprint density at radius 1 is 1.07 bits per heavy atom. The summed E-state index contributed by atoms with van der Waals surface area (Å²) in [6, 6.07) is 10.7. The Balaban J connectivity index is 2.14. The first-order valence-corrected chi connectivity index (χ1v) is 5.61. The molecule has 1 saturated heterocycles. The van der Waals surface area contributed by atoms with Crippen molar-refractivity contribution >= 4 is 5.69 Å². The summed E-state index contributed by atoms with van der Waals surface area (Å²) in [5.41, 5.74) is 1.62. The largest absolute Gasteiger partial charge is 0.368 e. The Labute approximate surface area is 92.5 Å². The molecule has 0 aliphatic carbocycles. The quantitative estimate of drug-likeness (QED) is 0.692. The molecule has 2 heteroatoms. The van der Waals surface area contributed by atoms with Gasteiger partial charge in [0.1, 0.15) is 0 Å². The van der Waals surface area contributed by atoms with E-state index in [2.05, 4.69) is 61.0 Å². The van der Waals surface area contributed by atoms with Crippen molar-refractivity contribution in [1.82, 2.24) is 4.90 Å². The summed E-state index contributed by atoms with van der Waals surface area (Å²) < 4.78 is 0. The van der Waals surface area contributed by atoms with E-state index in [9.17, 15) is 0 Å². The lowest BCUT2D eigenvalue weighted by molar-refractivity contribution is 0.139. The molecule has 1 heterocycles. The molecule has 1 aliphatic heterocycles. The standard InChI is InChI=1S/C13H20N2/c1-13(2)11-15(10-9-14(13)3)12-7-5-4-6-8-12/h4-8H,9-11H2,1-3H3. The van der Waals surface area contributed by atoms with E-state index in [4.69, 9.17) is 0 Å². The molecule has 1 fully saturated rings. The highest BCUT2D eigenvalue weighted by Gasteiger charge is 2.30. The molecular formula is C13H20N2. The lowest BCUT2D eigenvalue weighted by atomic mass is 9.99. The lowest BCUT2D eigenvalue weighted by Gasteiger charge is -2.46. The first-order chi connectivity index (χ1) is 7.09. The minimum atomic E-state index is 0.272. The van der Waals surface area contributed by atoms with E-state index < -0.39 is 0 Å². The number of hydrogen-bond donors (Lipinski definition) is 0. The minimum absolute atomic E-state index is 0.272. The highest BCUT2D eigenvalue weighted by molar-refractivity contribution is 5.47. The molecule has 15 heavy (non-hydrogen) atoms. The summed E-state index contributed by atoms with van der Waals surface area (Å²) in [5.74, 6) is 0. The zero-order valence-corrected chi connectivity index (χ0v) is 9.90. The van der Waals surface area contributed by atoms with E-state index >= 15 is 0 Å². The van der Waals surface area contributed by atoms with Crippen LogP contribution in [0.3, 0.4) is 0 Å². The van der Waals surface area contributed by atoms with Crippen molar-refractivity contribution in [3.8, 4) is 0 Å². The van der Waals surface area contributed by atoms with E-state index in [1.165, 1.54) is 5.69 Å². The molecule has 0 spiro atoms. The monoisotopic (exact) mass is 204 g/mol. The maximum Gasteiger partial charge on any atom is 0.0367 e. The molecule has 0 radical (unpaired) electrons. The fourth-order valence-corrected chi connectivity index (χ4v) is 2.10. The maximum atomic E-state index is 2.47. The van der Waals surface area contributed by atoms with Crippen LogP contribution in [0.2, 0.25) is 0 Å². The predicted octanol–water partition coefficient (Wildman–Crippen LogP) is 2.22. The van der Waals surface area contributed by atoms with Crippen LogP contribution in [-0.2, 0) is 0 Å². The van der Waals surface area contributed by atoms with Crippen molar-refractivity contribution < 1.29 is 0 Å². The Morgan fingerprint density at radius 2 is 1.73 bits per heavy atom. The Kier molecular flexibility index (Phi) is 2.70. The molecular weight excluding hydrogens is 184 g/mol. The van der Waals surface area contributed by atoms with Gasteiger partial charge in [0.05, 0.1) is 0 Å². The number of hydrogen-bond acceptors (Lipinski definition) is 2. The topological polar surface area (TPSA) is 6.48 Å². The molecule has 82 valence electrons. The fourth-order valence-electron chi connectivity index (χ4n) is 2.10. The molecule has 0 aromatic heterocycles. The van der Waals surface area contributed by atoms with Crippen molar-refractivity contribution in [2.75, 3.05) is 31.6 Å². The molecule has 0 saturated carbocycles. The van der Waals surface area contributed by atoms with Crippen molar-refractivity contribution in [2.24, 2.45) is 0 Å². The summed E-state index contributed by atoms with van der Waals surface area (Å²) >= 11 is 0. The number of piperazine rings is 1. The number of nitrogens with zero attached hydrogens (tertiary/aromatic N) is 2. The van der Waals surface area contributed by atoms with Crippen molar-refractivity contribution in [3.05, 3.63) is 30.3 Å². The van der Waals surface area contributed by atoms with Crippen LogP contribution in [0.25, 0.3) is 0 Å². The van der Waals surface area contributed by atoms with Crippen LogP contribution in [0.1, 0.15) is 13.8 Å². The molecule has 0 unspecified atom stereocenters. The van der Waals surface area contributed by atoms with E-state index in [1.807, 2.05) is 0 Å². The van der Waals surface area contributed by atoms with E-state index in [0.717, 1.165) is 19.6 Å². The van der Waals surface area contributed by atoms with Gasteiger partial charge in [-0.05, 0) is 33.0 Å².